The van der Waals surface area contributed by atoms with Gasteiger partial charge in [-0.05, 0) is 48.2 Å². The van der Waals surface area contributed by atoms with Gasteiger partial charge in [-0.1, -0.05) is 18.2 Å². The number of aryl methyl sites for hydroxylation is 1. The number of halogens is 3. The highest BCUT2D eigenvalue weighted by Gasteiger charge is 2.11. The van der Waals surface area contributed by atoms with Gasteiger partial charge in [0.05, 0.1) is 7.11 Å². The summed E-state index contributed by atoms with van der Waals surface area (Å²) in [6.45, 7) is -0.175. The number of aliphatic imine (C=N–C) groups is 1. The van der Waals surface area contributed by atoms with E-state index in [0.29, 0.717) is 31.0 Å². The van der Waals surface area contributed by atoms with Crippen LogP contribution in [-0.2, 0) is 13.0 Å². The Morgan fingerprint density at radius 1 is 1.07 bits per heavy atom. The Kier molecular flexibility index (Phi) is 7.98. The number of methoxy groups -OCH3 is 1. The number of benzene rings is 2. The first kappa shape index (κ1) is 21.4. The van der Waals surface area contributed by atoms with Gasteiger partial charge in [0.1, 0.15) is 5.82 Å². The van der Waals surface area contributed by atoms with E-state index < -0.39 is 6.61 Å². The van der Waals surface area contributed by atoms with Gasteiger partial charge in [-0.3, -0.25) is 4.99 Å². The van der Waals surface area contributed by atoms with E-state index in [4.69, 9.17) is 4.74 Å². The fourth-order valence-electron chi connectivity index (χ4n) is 2.61. The Labute approximate surface area is 162 Å². The lowest BCUT2D eigenvalue weighted by atomic mass is 10.1. The molecule has 0 atom stereocenters. The van der Waals surface area contributed by atoms with Crippen molar-refractivity contribution in [1.82, 2.24) is 10.6 Å². The van der Waals surface area contributed by atoms with E-state index >= 15 is 0 Å². The predicted octanol–water partition coefficient (Wildman–Crippen LogP) is 3.65. The number of nitrogens with one attached hydrogen (secondary N) is 2. The summed E-state index contributed by atoms with van der Waals surface area (Å²) in [5.41, 5.74) is 2.34. The zero-order chi connectivity index (χ0) is 20.5. The normalized spacial score (nSPS) is 11.5. The summed E-state index contributed by atoms with van der Waals surface area (Å²) in [6.07, 6.45) is 0.569. The van der Waals surface area contributed by atoms with Gasteiger partial charge >= 0.3 is 6.61 Å². The highest BCUT2D eigenvalue weighted by atomic mass is 19.3. The standard InChI is InChI=1S/C20H24F3N3O2/c1-13-10-15(4-6-16(13)21)12-26-20(24-2)25-9-8-14-5-7-17(27-3)18(11-14)28-19(22)23/h4-7,10-11,19H,8-9,12H2,1-3H3,(H2,24,25,26). The maximum atomic E-state index is 13.3. The second kappa shape index (κ2) is 10.4. The molecule has 2 rings (SSSR count). The molecule has 0 fully saturated rings. The molecule has 0 radical (unpaired) electrons. The molecule has 0 amide bonds. The molecule has 0 aliphatic heterocycles. The van der Waals surface area contributed by atoms with Crippen molar-refractivity contribution >= 4 is 5.96 Å². The van der Waals surface area contributed by atoms with Gasteiger partial charge in [0, 0.05) is 20.1 Å². The molecule has 0 aliphatic carbocycles. The molecule has 0 aromatic heterocycles. The molecule has 2 aromatic rings. The number of alkyl halides is 2. The van der Waals surface area contributed by atoms with Gasteiger partial charge in [-0.25, -0.2) is 4.39 Å². The summed E-state index contributed by atoms with van der Waals surface area (Å²) in [5.74, 6) is 0.605. The van der Waals surface area contributed by atoms with Gasteiger partial charge in [-0.2, -0.15) is 8.78 Å². The molecule has 2 N–H and O–H groups in total. The van der Waals surface area contributed by atoms with Crippen molar-refractivity contribution in [3.05, 3.63) is 58.9 Å². The fourth-order valence-corrected chi connectivity index (χ4v) is 2.61. The van der Waals surface area contributed by atoms with Crippen molar-refractivity contribution in [3.8, 4) is 11.5 Å². The lowest BCUT2D eigenvalue weighted by molar-refractivity contribution is -0.0512. The van der Waals surface area contributed by atoms with E-state index in [1.807, 2.05) is 0 Å². The molecule has 0 heterocycles. The van der Waals surface area contributed by atoms with Crippen molar-refractivity contribution < 1.29 is 22.6 Å². The lowest BCUT2D eigenvalue weighted by Gasteiger charge is -2.14. The van der Waals surface area contributed by atoms with Crippen molar-refractivity contribution in [3.63, 3.8) is 0 Å². The van der Waals surface area contributed by atoms with Gasteiger partial charge in [-0.15, -0.1) is 0 Å². The second-order valence-electron chi connectivity index (χ2n) is 6.05. The molecule has 152 valence electrons. The first-order valence-electron chi connectivity index (χ1n) is 8.74. The number of hydrogen-bond donors (Lipinski definition) is 2. The quantitative estimate of drug-likeness (QED) is 0.529. The van der Waals surface area contributed by atoms with Crippen LogP contribution >= 0.6 is 0 Å². The van der Waals surface area contributed by atoms with E-state index in [2.05, 4.69) is 20.4 Å². The largest absolute Gasteiger partial charge is 0.493 e. The third-order valence-electron chi connectivity index (χ3n) is 4.06. The Bertz CT molecular complexity index is 813. The maximum Gasteiger partial charge on any atom is 0.387 e. The van der Waals surface area contributed by atoms with Crippen LogP contribution in [0.2, 0.25) is 0 Å². The number of rotatable bonds is 8. The molecular formula is C20H24F3N3O2. The van der Waals surface area contributed by atoms with E-state index in [1.54, 1.807) is 38.2 Å². The van der Waals surface area contributed by atoms with E-state index in [-0.39, 0.29) is 17.3 Å². The number of nitrogens with zero attached hydrogens (tertiary/aromatic N) is 1. The molecule has 0 unspecified atom stereocenters. The molecule has 0 saturated carbocycles. The lowest BCUT2D eigenvalue weighted by Crippen LogP contribution is -2.37. The van der Waals surface area contributed by atoms with Crippen LogP contribution in [0.4, 0.5) is 13.2 Å². The van der Waals surface area contributed by atoms with Crippen LogP contribution in [-0.4, -0.2) is 33.3 Å². The summed E-state index contributed by atoms with van der Waals surface area (Å²) in [5, 5.41) is 6.29. The Morgan fingerprint density at radius 2 is 1.82 bits per heavy atom. The molecule has 0 bridgehead atoms. The molecule has 28 heavy (non-hydrogen) atoms. The highest BCUT2D eigenvalue weighted by Crippen LogP contribution is 2.29. The van der Waals surface area contributed by atoms with E-state index in [1.165, 1.54) is 19.2 Å². The minimum Gasteiger partial charge on any atom is -0.493 e. The van der Waals surface area contributed by atoms with Gasteiger partial charge < -0.3 is 20.1 Å². The minimum absolute atomic E-state index is 0.00388. The average Bonchev–Trinajstić information content (AvgIpc) is 2.67. The smallest absolute Gasteiger partial charge is 0.387 e. The zero-order valence-electron chi connectivity index (χ0n) is 16.1. The van der Waals surface area contributed by atoms with Gasteiger partial charge in [0.2, 0.25) is 0 Å². The second-order valence-corrected chi connectivity index (χ2v) is 6.05. The van der Waals surface area contributed by atoms with Gasteiger partial charge in [0.25, 0.3) is 0 Å². The third kappa shape index (κ3) is 6.37. The fraction of sp³-hybridized carbons (Fsp3) is 0.350. The van der Waals surface area contributed by atoms with Crippen LogP contribution < -0.4 is 20.1 Å². The number of ether oxygens (including phenoxy) is 2. The molecule has 2 aromatic carbocycles. The SMILES string of the molecule is CN=C(NCCc1ccc(OC)c(OC(F)F)c1)NCc1ccc(F)c(C)c1. The molecule has 8 heteroatoms. The van der Waals surface area contributed by atoms with Crippen LogP contribution in [0.15, 0.2) is 41.4 Å². The maximum absolute atomic E-state index is 13.3. The summed E-state index contributed by atoms with van der Waals surface area (Å²) in [4.78, 5) is 4.14. The summed E-state index contributed by atoms with van der Waals surface area (Å²) >= 11 is 0. The molecule has 0 saturated heterocycles. The summed E-state index contributed by atoms with van der Waals surface area (Å²) in [7, 11) is 3.04. The predicted molar refractivity (Wildman–Crippen MR) is 103 cm³/mol. The van der Waals surface area contributed by atoms with Crippen molar-refractivity contribution in [1.29, 1.82) is 0 Å². The van der Waals surface area contributed by atoms with Crippen molar-refractivity contribution in [2.24, 2.45) is 4.99 Å². The molecule has 0 aliphatic rings. The summed E-state index contributed by atoms with van der Waals surface area (Å²) < 4.78 is 47.9. The zero-order valence-corrected chi connectivity index (χ0v) is 16.1. The molecule has 5 nitrogen and oxygen atoms in total. The topological polar surface area (TPSA) is 54.9 Å². The first-order chi connectivity index (χ1) is 13.4. The van der Waals surface area contributed by atoms with Crippen LogP contribution in [0, 0.1) is 12.7 Å². The summed E-state index contributed by atoms with van der Waals surface area (Å²) in [6, 6.07) is 9.84. The Balaban J connectivity index is 1.87. The van der Waals surface area contributed by atoms with Crippen molar-refractivity contribution in [2.45, 2.75) is 26.5 Å². The highest BCUT2D eigenvalue weighted by molar-refractivity contribution is 5.79. The molecule has 0 spiro atoms. The van der Waals surface area contributed by atoms with Gasteiger partial charge in [0.15, 0.2) is 17.5 Å². The Hall–Kier alpha value is -2.90. The minimum atomic E-state index is -2.92. The average molecular weight is 395 g/mol. The van der Waals surface area contributed by atoms with Crippen LogP contribution in [0.3, 0.4) is 0 Å². The molecular weight excluding hydrogens is 371 g/mol. The van der Waals surface area contributed by atoms with Crippen LogP contribution in [0.1, 0.15) is 16.7 Å². The van der Waals surface area contributed by atoms with E-state index in [9.17, 15) is 13.2 Å². The van der Waals surface area contributed by atoms with Crippen molar-refractivity contribution in [2.75, 3.05) is 20.7 Å². The van der Waals surface area contributed by atoms with Crippen LogP contribution in [0.5, 0.6) is 11.5 Å². The Morgan fingerprint density at radius 3 is 2.46 bits per heavy atom. The number of hydrogen-bond acceptors (Lipinski definition) is 3. The number of guanidine groups is 1. The van der Waals surface area contributed by atoms with E-state index in [0.717, 1.165) is 11.1 Å². The van der Waals surface area contributed by atoms with Crippen LogP contribution in [0.25, 0.3) is 0 Å². The first-order valence-corrected chi connectivity index (χ1v) is 8.74. The monoisotopic (exact) mass is 395 g/mol. The third-order valence-corrected chi connectivity index (χ3v) is 4.06.